The van der Waals surface area contributed by atoms with Crippen LogP contribution in [0.25, 0.3) is 16.7 Å². The molecule has 4 aromatic rings. The molecule has 1 N–H and O–H groups in total. The summed E-state index contributed by atoms with van der Waals surface area (Å²) >= 11 is 0. The molecule has 0 atom stereocenters. The van der Waals surface area contributed by atoms with Crippen molar-refractivity contribution in [3.63, 3.8) is 0 Å². The molecule has 0 saturated heterocycles. The summed E-state index contributed by atoms with van der Waals surface area (Å²) in [5.41, 5.74) is 3.20. The second-order valence-electron chi connectivity index (χ2n) is 6.58. The number of nitrogens with one attached hydrogen (secondary N) is 1. The molecule has 0 amide bonds. The SMILES string of the molecule is CCc1ccc2cnn(C)c2c1NS(=O)(=O)c1cnn(-c2cc(C)ccn2)c1. The predicted octanol–water partition coefficient (Wildman–Crippen LogP) is 2.83. The predicted molar refractivity (Wildman–Crippen MR) is 107 cm³/mol. The molecule has 1 aromatic carbocycles. The van der Waals surface area contributed by atoms with Crippen molar-refractivity contribution < 1.29 is 8.42 Å². The van der Waals surface area contributed by atoms with Gasteiger partial charge < -0.3 is 0 Å². The highest BCUT2D eigenvalue weighted by atomic mass is 32.2. The Labute approximate surface area is 162 Å². The quantitative estimate of drug-likeness (QED) is 0.560. The fourth-order valence-corrected chi connectivity index (χ4v) is 4.16. The highest BCUT2D eigenvalue weighted by molar-refractivity contribution is 7.92. The van der Waals surface area contributed by atoms with Gasteiger partial charge in [-0.05, 0) is 36.6 Å². The molecule has 0 radical (unpaired) electrons. The Hall–Kier alpha value is -3.20. The molecule has 0 spiro atoms. The van der Waals surface area contributed by atoms with Crippen molar-refractivity contribution in [2.45, 2.75) is 25.2 Å². The van der Waals surface area contributed by atoms with E-state index in [1.54, 1.807) is 24.1 Å². The summed E-state index contributed by atoms with van der Waals surface area (Å²) in [4.78, 5) is 4.30. The molecule has 3 heterocycles. The first-order chi connectivity index (χ1) is 13.4. The normalized spacial score (nSPS) is 11.8. The van der Waals surface area contributed by atoms with Crippen LogP contribution in [0.3, 0.4) is 0 Å². The highest BCUT2D eigenvalue weighted by Crippen LogP contribution is 2.30. The van der Waals surface area contributed by atoms with Crippen molar-refractivity contribution in [1.82, 2.24) is 24.5 Å². The number of hydrogen-bond acceptors (Lipinski definition) is 5. The van der Waals surface area contributed by atoms with Gasteiger partial charge in [-0.3, -0.25) is 9.40 Å². The molecular weight excluding hydrogens is 376 g/mol. The Morgan fingerprint density at radius 3 is 2.71 bits per heavy atom. The van der Waals surface area contributed by atoms with E-state index in [1.807, 2.05) is 38.1 Å². The van der Waals surface area contributed by atoms with E-state index in [4.69, 9.17) is 0 Å². The molecule has 0 bridgehead atoms. The zero-order valence-electron chi connectivity index (χ0n) is 15.8. The third kappa shape index (κ3) is 3.13. The summed E-state index contributed by atoms with van der Waals surface area (Å²) in [7, 11) is -2.04. The molecule has 144 valence electrons. The number of benzene rings is 1. The largest absolute Gasteiger partial charge is 0.277 e. The van der Waals surface area contributed by atoms with E-state index in [-0.39, 0.29) is 4.90 Å². The Balaban J connectivity index is 1.75. The number of hydrogen-bond donors (Lipinski definition) is 1. The first-order valence-corrected chi connectivity index (χ1v) is 10.3. The average molecular weight is 396 g/mol. The van der Waals surface area contributed by atoms with Crippen LogP contribution in [0.5, 0.6) is 0 Å². The number of pyridine rings is 1. The minimum absolute atomic E-state index is 0.0667. The van der Waals surface area contributed by atoms with Crippen molar-refractivity contribution in [2.75, 3.05) is 4.72 Å². The van der Waals surface area contributed by atoms with Crippen LogP contribution in [0.1, 0.15) is 18.1 Å². The number of fused-ring (bicyclic) bond motifs is 1. The van der Waals surface area contributed by atoms with Crippen LogP contribution in [0.4, 0.5) is 5.69 Å². The van der Waals surface area contributed by atoms with Gasteiger partial charge in [0.25, 0.3) is 10.0 Å². The van der Waals surface area contributed by atoms with E-state index in [1.165, 1.54) is 17.1 Å². The van der Waals surface area contributed by atoms with Crippen molar-refractivity contribution in [2.24, 2.45) is 7.05 Å². The van der Waals surface area contributed by atoms with Crippen LogP contribution < -0.4 is 4.72 Å². The van der Waals surface area contributed by atoms with Crippen LogP contribution in [-0.4, -0.2) is 33.0 Å². The van der Waals surface area contributed by atoms with Crippen LogP contribution >= 0.6 is 0 Å². The minimum atomic E-state index is -3.83. The van der Waals surface area contributed by atoms with E-state index < -0.39 is 10.0 Å². The monoisotopic (exact) mass is 396 g/mol. The lowest BCUT2D eigenvalue weighted by Gasteiger charge is -2.13. The van der Waals surface area contributed by atoms with Gasteiger partial charge >= 0.3 is 0 Å². The first kappa shape index (κ1) is 18.2. The molecular formula is C19H20N6O2S. The minimum Gasteiger partial charge on any atom is -0.277 e. The van der Waals surface area contributed by atoms with Gasteiger partial charge in [0, 0.05) is 18.6 Å². The summed E-state index contributed by atoms with van der Waals surface area (Å²) in [6.45, 7) is 3.92. The zero-order valence-corrected chi connectivity index (χ0v) is 16.6. The van der Waals surface area contributed by atoms with E-state index in [0.29, 0.717) is 17.9 Å². The van der Waals surface area contributed by atoms with Crippen molar-refractivity contribution in [3.8, 4) is 5.82 Å². The Morgan fingerprint density at radius 1 is 1.14 bits per heavy atom. The molecule has 28 heavy (non-hydrogen) atoms. The molecule has 0 aliphatic rings. The van der Waals surface area contributed by atoms with Crippen molar-refractivity contribution >= 4 is 26.6 Å². The highest BCUT2D eigenvalue weighted by Gasteiger charge is 2.21. The van der Waals surface area contributed by atoms with E-state index >= 15 is 0 Å². The fourth-order valence-electron chi connectivity index (χ4n) is 3.13. The smallest absolute Gasteiger partial charge is 0.265 e. The van der Waals surface area contributed by atoms with Gasteiger partial charge in [0.1, 0.15) is 4.90 Å². The van der Waals surface area contributed by atoms with Crippen LogP contribution in [-0.2, 0) is 23.5 Å². The topological polar surface area (TPSA) is 94.7 Å². The second-order valence-corrected chi connectivity index (χ2v) is 8.26. The third-order valence-corrected chi connectivity index (χ3v) is 5.92. The summed E-state index contributed by atoms with van der Waals surface area (Å²) in [5, 5.41) is 9.28. The molecule has 0 saturated carbocycles. The summed E-state index contributed by atoms with van der Waals surface area (Å²) < 4.78 is 31.9. The van der Waals surface area contributed by atoms with Crippen molar-refractivity contribution in [3.05, 3.63) is 60.2 Å². The molecule has 0 fully saturated rings. The number of sulfonamides is 1. The lowest BCUT2D eigenvalue weighted by molar-refractivity contribution is 0.601. The molecule has 8 nitrogen and oxygen atoms in total. The number of rotatable bonds is 5. The summed E-state index contributed by atoms with van der Waals surface area (Å²) in [5.74, 6) is 0.560. The number of nitrogens with zero attached hydrogens (tertiary/aromatic N) is 5. The Kier molecular flexibility index (Phi) is 4.38. The zero-order chi connectivity index (χ0) is 19.9. The molecule has 0 unspecified atom stereocenters. The molecule has 9 heteroatoms. The van der Waals surface area contributed by atoms with E-state index in [9.17, 15) is 8.42 Å². The lowest BCUT2D eigenvalue weighted by Crippen LogP contribution is -2.15. The maximum Gasteiger partial charge on any atom is 0.265 e. The average Bonchev–Trinajstić information content (AvgIpc) is 3.30. The molecule has 3 aromatic heterocycles. The number of aromatic nitrogens is 5. The second kappa shape index (κ2) is 6.75. The van der Waals surface area contributed by atoms with Crippen LogP contribution in [0.2, 0.25) is 0 Å². The van der Waals surface area contributed by atoms with Gasteiger partial charge in [0.05, 0.1) is 29.8 Å². The van der Waals surface area contributed by atoms with Crippen LogP contribution in [0, 0.1) is 6.92 Å². The maximum absolute atomic E-state index is 13.0. The molecule has 0 aliphatic carbocycles. The summed E-state index contributed by atoms with van der Waals surface area (Å²) in [6.07, 6.45) is 6.84. The van der Waals surface area contributed by atoms with E-state index in [2.05, 4.69) is 19.9 Å². The Bertz CT molecular complexity index is 1270. The number of aryl methyl sites for hydroxylation is 3. The fraction of sp³-hybridized carbons (Fsp3) is 0.211. The molecule has 4 rings (SSSR count). The van der Waals surface area contributed by atoms with Gasteiger partial charge in [-0.2, -0.15) is 10.2 Å². The standard InChI is InChI=1S/C19H20N6O2S/c1-4-14-5-6-15-10-21-24(3)19(15)18(14)23-28(26,27)16-11-22-25(12-16)17-9-13(2)7-8-20-17/h5-12,23H,4H2,1-3H3. The number of anilines is 1. The van der Waals surface area contributed by atoms with Gasteiger partial charge in [0.15, 0.2) is 5.82 Å². The van der Waals surface area contributed by atoms with Crippen LogP contribution in [0.15, 0.2) is 53.9 Å². The van der Waals surface area contributed by atoms with Gasteiger partial charge in [0.2, 0.25) is 0 Å². The Morgan fingerprint density at radius 2 is 1.96 bits per heavy atom. The summed E-state index contributed by atoms with van der Waals surface area (Å²) in [6, 6.07) is 7.57. The molecule has 0 aliphatic heterocycles. The van der Waals surface area contributed by atoms with Crippen molar-refractivity contribution in [1.29, 1.82) is 0 Å². The maximum atomic E-state index is 13.0. The first-order valence-electron chi connectivity index (χ1n) is 8.83. The van der Waals surface area contributed by atoms with Gasteiger partial charge in [-0.25, -0.2) is 18.1 Å². The lowest BCUT2D eigenvalue weighted by atomic mass is 10.1. The van der Waals surface area contributed by atoms with Gasteiger partial charge in [-0.15, -0.1) is 0 Å². The third-order valence-electron chi connectivity index (χ3n) is 4.61. The van der Waals surface area contributed by atoms with Gasteiger partial charge in [-0.1, -0.05) is 19.1 Å². The van der Waals surface area contributed by atoms with E-state index in [0.717, 1.165) is 22.0 Å².